The maximum atomic E-state index is 13.8. The van der Waals surface area contributed by atoms with Crippen LogP contribution in [-0.2, 0) is 40.3 Å². The molecule has 4 heterocycles. The number of nitriles is 1. The molecule has 6 aromatic rings. The first-order valence-electron chi connectivity index (χ1n) is 23.5. The van der Waals surface area contributed by atoms with Crippen LogP contribution in [0.25, 0.3) is 22.1 Å². The van der Waals surface area contributed by atoms with Gasteiger partial charge in [-0.2, -0.15) is 5.26 Å². The minimum Gasteiger partial charge on any atom is -0.870 e. The average molecular weight is 1040 g/mol. The minimum absolute atomic E-state index is 0. The van der Waals surface area contributed by atoms with Gasteiger partial charge >= 0.3 is 30.8 Å². The molecule has 73 heavy (non-hydrogen) atoms. The Balaban J connectivity index is 0.000000463. The average Bonchev–Trinajstić information content (AvgIpc) is 3.73. The molecule has 0 saturated carbocycles. The van der Waals surface area contributed by atoms with Gasteiger partial charge in [-0.1, -0.05) is 89.0 Å². The molecule has 0 saturated heterocycles. The standard InChI is InChI=1S/C28H35ClN2O4.C26H31ClN2O4.C2H3N.Li.H2O/c1-8-35-26(33)28(5,6)15-21-24(22(32)16-27(2,3)4)25-20(13-14-23(30-25)34-7)31(21)17-18-9-11-19(29)12-10-18;1-25(2,3)14-20(30)22-19(13-26(4,5)24(31)32)29(15-16-7-9-17(27)10-8-16)18-11-12-21(33-6)28-23(18)22;1-2-3;;/h9-14H,8,15-17H2,1-7H3;7-12H,13-15H2,1-6H3,(H,31,32);1H3;;1H2/q;;;+1;/p-1. The number of carboxylic acids is 1. The summed E-state index contributed by atoms with van der Waals surface area (Å²) in [5.41, 5.74) is 4.78. The zero-order chi connectivity index (χ0) is 53.2. The van der Waals surface area contributed by atoms with Crippen LogP contribution in [0.1, 0.15) is 139 Å². The number of carbonyl (C=O) groups excluding carboxylic acids is 3. The van der Waals surface area contributed by atoms with Gasteiger partial charge < -0.3 is 33.9 Å². The van der Waals surface area contributed by atoms with Crippen molar-refractivity contribution in [3.8, 4) is 17.8 Å². The molecule has 2 aromatic carbocycles. The molecule has 0 spiro atoms. The summed E-state index contributed by atoms with van der Waals surface area (Å²) in [5, 5.41) is 18.5. The summed E-state index contributed by atoms with van der Waals surface area (Å²) in [6.45, 7) is 23.6. The summed E-state index contributed by atoms with van der Waals surface area (Å²) in [7, 11) is 3.09. The number of nitrogens with zero attached hydrogens (tertiary/aromatic N) is 5. The van der Waals surface area contributed by atoms with Crippen LogP contribution >= 0.6 is 23.2 Å². The van der Waals surface area contributed by atoms with Crippen LogP contribution in [0.5, 0.6) is 11.8 Å². The molecule has 14 nitrogen and oxygen atoms in total. The largest absolute Gasteiger partial charge is 1.00 e. The predicted octanol–water partition coefficient (Wildman–Crippen LogP) is 9.87. The molecule has 6 rings (SSSR count). The number of fused-ring (bicyclic) bond motifs is 2. The van der Waals surface area contributed by atoms with Crippen molar-refractivity contribution in [2.75, 3.05) is 20.8 Å². The Bertz CT molecular complexity index is 2910. The number of benzene rings is 2. The van der Waals surface area contributed by atoms with E-state index in [2.05, 4.69) is 9.55 Å². The van der Waals surface area contributed by atoms with Gasteiger partial charge in [-0.15, -0.1) is 0 Å². The number of esters is 1. The fourth-order valence-electron chi connectivity index (χ4n) is 8.04. The third-order valence-electron chi connectivity index (χ3n) is 11.5. The van der Waals surface area contributed by atoms with Crippen LogP contribution in [0.4, 0.5) is 0 Å². The molecule has 0 atom stereocenters. The number of pyridine rings is 2. The number of methoxy groups -OCH3 is 2. The Morgan fingerprint density at radius 2 is 0.973 bits per heavy atom. The van der Waals surface area contributed by atoms with E-state index >= 15 is 0 Å². The second kappa shape index (κ2) is 26.5. The summed E-state index contributed by atoms with van der Waals surface area (Å²) in [6.07, 6.45) is 1.16. The second-order valence-corrected chi connectivity index (χ2v) is 22.1. The molecule has 4 aromatic heterocycles. The number of aliphatic carboxylic acids is 1. The smallest absolute Gasteiger partial charge is 0.870 e. The number of ether oxygens (including phenoxy) is 3. The molecule has 0 bridgehead atoms. The third kappa shape index (κ3) is 16.9. The van der Waals surface area contributed by atoms with E-state index in [0.29, 0.717) is 88.6 Å². The van der Waals surface area contributed by atoms with E-state index in [4.69, 9.17) is 47.7 Å². The number of ketones is 2. The van der Waals surface area contributed by atoms with Gasteiger partial charge in [-0.05, 0) is 93.0 Å². The molecule has 0 unspecified atom stereocenters. The number of halogens is 2. The summed E-state index contributed by atoms with van der Waals surface area (Å²) in [5.74, 6) is -0.456. The van der Waals surface area contributed by atoms with Crippen LogP contribution in [0.3, 0.4) is 0 Å². The quantitative estimate of drug-likeness (QED) is 0.0515. The number of rotatable bonds is 17. The van der Waals surface area contributed by atoms with Crippen LogP contribution < -0.4 is 28.3 Å². The van der Waals surface area contributed by atoms with E-state index in [-0.39, 0.29) is 59.1 Å². The van der Waals surface area contributed by atoms with E-state index in [1.54, 1.807) is 46.1 Å². The summed E-state index contributed by atoms with van der Waals surface area (Å²) < 4.78 is 20.2. The SMILES string of the molecule is CC#N.CCOC(=O)C(C)(C)Cc1c(C(=O)CC(C)(C)C)c2nc(OC)ccc2n1Cc1ccc(Cl)cc1.COc1ccc2c(n1)c(C(=O)CC(C)(C)C)c(CC(C)(C)C(=O)O)n2Cc1ccc(Cl)cc1.[Li+].[OH-]. The van der Waals surface area contributed by atoms with Gasteiger partial charge in [0.2, 0.25) is 11.8 Å². The zero-order valence-electron chi connectivity index (χ0n) is 45.1. The molecule has 0 aliphatic carbocycles. The van der Waals surface area contributed by atoms with Crippen molar-refractivity contribution in [1.82, 2.24) is 19.1 Å². The Kier molecular flexibility index (Phi) is 23.0. The fraction of sp³-hybridized carbons (Fsp3) is 0.446. The number of carboxylic acid groups (broad SMARTS) is 1. The van der Waals surface area contributed by atoms with E-state index in [1.165, 1.54) is 14.0 Å². The van der Waals surface area contributed by atoms with Gasteiger partial charge in [0, 0.05) is 79.3 Å². The predicted molar refractivity (Wildman–Crippen MR) is 283 cm³/mol. The van der Waals surface area contributed by atoms with Gasteiger partial charge in [0.15, 0.2) is 11.6 Å². The van der Waals surface area contributed by atoms with Crippen molar-refractivity contribution in [3.05, 3.63) is 116 Å². The Morgan fingerprint density at radius 1 is 0.630 bits per heavy atom. The third-order valence-corrected chi connectivity index (χ3v) is 12.0. The topological polar surface area (TPSA) is 206 Å². The maximum Gasteiger partial charge on any atom is 1.00 e. The maximum absolute atomic E-state index is 13.8. The van der Waals surface area contributed by atoms with Crippen LogP contribution in [0, 0.1) is 33.0 Å². The molecular formula is C56H70Cl2LiN5O9. The van der Waals surface area contributed by atoms with Gasteiger partial charge in [-0.3, -0.25) is 19.2 Å². The number of Topliss-reactive ketones (excluding diaryl/α,β-unsaturated/α-hetero) is 2. The summed E-state index contributed by atoms with van der Waals surface area (Å²) in [4.78, 5) is 61.5. The molecule has 2 N–H and O–H groups in total. The van der Waals surface area contributed by atoms with Crippen molar-refractivity contribution < 1.29 is 62.8 Å². The van der Waals surface area contributed by atoms with Gasteiger partial charge in [0.25, 0.3) is 0 Å². The molecule has 388 valence electrons. The van der Waals surface area contributed by atoms with Gasteiger partial charge in [0.05, 0.1) is 59.9 Å². The summed E-state index contributed by atoms with van der Waals surface area (Å²) in [6, 6.07) is 24.2. The normalized spacial score (nSPS) is 11.4. The first-order chi connectivity index (χ1) is 33.1. The second-order valence-electron chi connectivity index (χ2n) is 21.2. The minimum atomic E-state index is -1.08. The van der Waals surface area contributed by atoms with Crippen LogP contribution in [0.2, 0.25) is 10.0 Å². The first kappa shape index (κ1) is 63.4. The van der Waals surface area contributed by atoms with Crippen LogP contribution in [-0.4, -0.2) is 74.0 Å². The fourth-order valence-corrected chi connectivity index (χ4v) is 8.30. The first-order valence-corrected chi connectivity index (χ1v) is 24.2. The molecule has 0 aliphatic heterocycles. The van der Waals surface area contributed by atoms with E-state index in [1.807, 2.05) is 121 Å². The monoisotopic (exact) mass is 1030 g/mol. The van der Waals surface area contributed by atoms with Gasteiger partial charge in [-0.25, -0.2) is 9.97 Å². The molecule has 0 aliphatic rings. The number of hydrogen-bond donors (Lipinski definition) is 1. The van der Waals surface area contributed by atoms with Crippen molar-refractivity contribution in [2.45, 2.75) is 122 Å². The molecular weight excluding hydrogens is 964 g/mol. The van der Waals surface area contributed by atoms with Crippen molar-refractivity contribution in [2.24, 2.45) is 21.7 Å². The molecule has 0 amide bonds. The van der Waals surface area contributed by atoms with Crippen LogP contribution in [0.15, 0.2) is 72.8 Å². The van der Waals surface area contributed by atoms with Crippen molar-refractivity contribution in [1.29, 1.82) is 5.26 Å². The zero-order valence-corrected chi connectivity index (χ0v) is 46.6. The van der Waals surface area contributed by atoms with Crippen molar-refractivity contribution >= 4 is 68.8 Å². The number of aromatic nitrogens is 4. The van der Waals surface area contributed by atoms with Crippen molar-refractivity contribution in [3.63, 3.8) is 0 Å². The summed E-state index contributed by atoms with van der Waals surface area (Å²) >= 11 is 12.2. The Labute approximate surface area is 452 Å². The number of hydrogen-bond acceptors (Lipinski definition) is 11. The molecule has 0 fully saturated rings. The van der Waals surface area contributed by atoms with E-state index in [9.17, 15) is 24.3 Å². The Hall–Kier alpha value is -5.67. The van der Waals surface area contributed by atoms with E-state index in [0.717, 1.165) is 27.9 Å². The Morgan fingerprint density at radius 3 is 1.27 bits per heavy atom. The molecule has 17 heteroatoms. The van der Waals surface area contributed by atoms with E-state index < -0.39 is 16.8 Å². The van der Waals surface area contributed by atoms with Gasteiger partial charge in [0.1, 0.15) is 11.0 Å². The number of carbonyl (C=O) groups is 4. The molecule has 0 radical (unpaired) electrons.